The summed E-state index contributed by atoms with van der Waals surface area (Å²) in [5, 5.41) is 6.34. The van der Waals surface area contributed by atoms with Gasteiger partial charge in [-0.2, -0.15) is 0 Å². The Bertz CT molecular complexity index is 1550. The Hall–Kier alpha value is -3.61. The van der Waals surface area contributed by atoms with Crippen molar-refractivity contribution in [3.8, 4) is 11.5 Å². The van der Waals surface area contributed by atoms with Crippen molar-refractivity contribution >= 4 is 50.2 Å². The molecule has 2 amide bonds. The predicted molar refractivity (Wildman–Crippen MR) is 156 cm³/mol. The summed E-state index contributed by atoms with van der Waals surface area (Å²) >= 11 is 6.09. The number of Topliss-reactive ketones (excluding diaryl/α,β-unsaturated/α-hetero) is 1. The molecule has 2 heterocycles. The Morgan fingerprint density at radius 2 is 1.86 bits per heavy atom. The van der Waals surface area contributed by atoms with E-state index in [9.17, 15) is 22.8 Å². The van der Waals surface area contributed by atoms with E-state index in [2.05, 4.69) is 10.6 Å². The number of hydrogen-bond donors (Lipinski definition) is 2. The third-order valence-electron chi connectivity index (χ3n) is 6.91. The second-order valence-electron chi connectivity index (χ2n) is 10.4. The van der Waals surface area contributed by atoms with Crippen LogP contribution in [0.25, 0.3) is 11.0 Å². The van der Waals surface area contributed by atoms with E-state index in [0.29, 0.717) is 39.7 Å². The van der Waals surface area contributed by atoms with Crippen molar-refractivity contribution in [3.05, 3.63) is 53.2 Å². The highest BCUT2D eigenvalue weighted by Gasteiger charge is 2.43. The summed E-state index contributed by atoms with van der Waals surface area (Å²) in [4.78, 5) is 40.5. The van der Waals surface area contributed by atoms with E-state index in [1.807, 2.05) is 13.8 Å². The van der Waals surface area contributed by atoms with Crippen molar-refractivity contribution in [1.29, 1.82) is 0 Å². The van der Waals surface area contributed by atoms with Crippen LogP contribution in [0.5, 0.6) is 11.5 Å². The number of furan rings is 1. The van der Waals surface area contributed by atoms with Crippen molar-refractivity contribution in [1.82, 2.24) is 14.9 Å². The Balaban J connectivity index is 1.73. The van der Waals surface area contributed by atoms with Crippen LogP contribution in [-0.4, -0.2) is 69.7 Å². The monoisotopic (exact) mass is 619 g/mol. The number of carbonyl (C=O) groups is 3. The molecule has 0 radical (unpaired) electrons. The Kier molecular flexibility index (Phi) is 9.80. The van der Waals surface area contributed by atoms with Gasteiger partial charge >= 0.3 is 0 Å². The van der Waals surface area contributed by atoms with Crippen molar-refractivity contribution in [2.45, 2.75) is 50.1 Å². The number of rotatable bonds is 10. The number of nitrogens with zero attached hydrogens (tertiary/aromatic N) is 1. The van der Waals surface area contributed by atoms with E-state index >= 15 is 0 Å². The summed E-state index contributed by atoms with van der Waals surface area (Å²) in [6.45, 7) is 4.08. The highest BCUT2D eigenvalue weighted by atomic mass is 35.5. The number of ketones is 1. The van der Waals surface area contributed by atoms with E-state index in [1.165, 1.54) is 44.6 Å². The molecule has 1 saturated heterocycles. The highest BCUT2D eigenvalue weighted by Crippen LogP contribution is 2.34. The number of amides is 2. The van der Waals surface area contributed by atoms with Gasteiger partial charge in [0.1, 0.15) is 17.7 Å². The fourth-order valence-electron chi connectivity index (χ4n) is 4.89. The van der Waals surface area contributed by atoms with Gasteiger partial charge in [0.2, 0.25) is 0 Å². The largest absolute Gasteiger partial charge is 0.493 e. The molecular weight excluding hydrogens is 586 g/mol. The van der Waals surface area contributed by atoms with Gasteiger partial charge in [-0.25, -0.2) is 12.7 Å². The molecule has 13 heteroatoms. The summed E-state index contributed by atoms with van der Waals surface area (Å²) in [5.41, 5.74) is 0.353. The summed E-state index contributed by atoms with van der Waals surface area (Å²) in [6.07, 6.45) is 0.707. The molecule has 2 aromatic carbocycles. The molecule has 226 valence electrons. The molecule has 1 aromatic heterocycles. The van der Waals surface area contributed by atoms with Crippen LogP contribution in [0, 0.1) is 5.92 Å². The number of sulfonamides is 1. The summed E-state index contributed by atoms with van der Waals surface area (Å²) < 4.78 is 45.0. The first-order chi connectivity index (χ1) is 20.0. The maximum absolute atomic E-state index is 14.2. The molecule has 2 atom stereocenters. The SMILES string of the molecule is COc1cc2cc(C(=O)N[C@@H](CC(C)C)C(=O)N(C3CCCNCC3=O)S(=O)(=O)c3cccc(Cl)c3)oc2cc1OC. The van der Waals surface area contributed by atoms with E-state index in [4.69, 9.17) is 25.5 Å². The van der Waals surface area contributed by atoms with E-state index in [1.54, 1.807) is 12.1 Å². The molecule has 0 aliphatic carbocycles. The lowest BCUT2D eigenvalue weighted by atomic mass is 10.0. The van der Waals surface area contributed by atoms with Gasteiger partial charge in [0.15, 0.2) is 23.0 Å². The molecule has 1 fully saturated rings. The number of halogens is 1. The number of ether oxygens (including phenoxy) is 2. The zero-order valence-electron chi connectivity index (χ0n) is 23.8. The van der Waals surface area contributed by atoms with Crippen LogP contribution in [0.15, 0.2) is 51.8 Å². The molecule has 0 saturated carbocycles. The third-order valence-corrected chi connectivity index (χ3v) is 8.95. The lowest BCUT2D eigenvalue weighted by molar-refractivity contribution is -0.135. The topological polar surface area (TPSA) is 144 Å². The van der Waals surface area contributed by atoms with Crippen molar-refractivity contribution in [2.24, 2.45) is 5.92 Å². The molecule has 42 heavy (non-hydrogen) atoms. The quantitative estimate of drug-likeness (QED) is 0.346. The highest BCUT2D eigenvalue weighted by molar-refractivity contribution is 7.89. The van der Waals surface area contributed by atoms with Crippen LogP contribution in [0.2, 0.25) is 5.02 Å². The van der Waals surface area contributed by atoms with E-state index in [0.717, 1.165) is 0 Å². The van der Waals surface area contributed by atoms with Crippen LogP contribution in [0.4, 0.5) is 0 Å². The Morgan fingerprint density at radius 1 is 1.14 bits per heavy atom. The van der Waals surface area contributed by atoms with Gasteiger partial charge in [0.05, 0.1) is 25.7 Å². The van der Waals surface area contributed by atoms with Crippen LogP contribution in [0.1, 0.15) is 43.7 Å². The first-order valence-electron chi connectivity index (χ1n) is 13.5. The number of carbonyl (C=O) groups excluding carboxylic acids is 3. The van der Waals surface area contributed by atoms with Crippen LogP contribution >= 0.6 is 11.6 Å². The van der Waals surface area contributed by atoms with Crippen molar-refractivity contribution < 1.29 is 36.7 Å². The van der Waals surface area contributed by atoms with Gasteiger partial charge in [-0.15, -0.1) is 0 Å². The summed E-state index contributed by atoms with van der Waals surface area (Å²) in [7, 11) is -1.58. The van der Waals surface area contributed by atoms with Crippen molar-refractivity contribution in [3.63, 3.8) is 0 Å². The Morgan fingerprint density at radius 3 is 2.52 bits per heavy atom. The first kappa shape index (κ1) is 31.3. The minimum Gasteiger partial charge on any atom is -0.493 e. The van der Waals surface area contributed by atoms with Gasteiger partial charge in [0, 0.05) is 16.5 Å². The third kappa shape index (κ3) is 6.71. The van der Waals surface area contributed by atoms with Gasteiger partial charge in [-0.05, 0) is 62.1 Å². The Labute approximate surface area is 249 Å². The molecule has 11 nitrogen and oxygen atoms in total. The zero-order valence-corrected chi connectivity index (χ0v) is 25.4. The van der Waals surface area contributed by atoms with Crippen LogP contribution < -0.4 is 20.1 Å². The second-order valence-corrected chi connectivity index (χ2v) is 12.7. The van der Waals surface area contributed by atoms with Crippen molar-refractivity contribution in [2.75, 3.05) is 27.3 Å². The standard InChI is InChI=1S/C29H34ClN3O8S/c1-17(2)11-21(32-28(35)27-13-18-12-25(39-3)26(40-4)15-24(18)41-27)29(36)33(22-9-6-10-31-16-23(22)34)42(37,38)20-8-5-7-19(30)14-20/h5,7-8,12-15,17,21-22,31H,6,9-11,16H2,1-4H3,(H,32,35)/t21-,22?/m0/s1. The average Bonchev–Trinajstić information content (AvgIpc) is 3.26. The average molecular weight is 620 g/mol. The molecule has 4 rings (SSSR count). The molecule has 3 aromatic rings. The number of fused-ring (bicyclic) bond motifs is 1. The lowest BCUT2D eigenvalue weighted by Gasteiger charge is -2.33. The first-order valence-corrected chi connectivity index (χ1v) is 15.3. The van der Waals surface area contributed by atoms with Crippen LogP contribution in [0.3, 0.4) is 0 Å². The molecular formula is C29H34ClN3O8S. The number of benzene rings is 2. The minimum atomic E-state index is -4.54. The maximum atomic E-state index is 14.2. The molecule has 1 unspecified atom stereocenters. The van der Waals surface area contributed by atoms with Gasteiger partial charge < -0.3 is 24.5 Å². The lowest BCUT2D eigenvalue weighted by Crippen LogP contribution is -2.56. The summed E-state index contributed by atoms with van der Waals surface area (Å²) in [5.74, 6) is -1.46. The van der Waals surface area contributed by atoms with E-state index in [-0.39, 0.29) is 41.0 Å². The van der Waals surface area contributed by atoms with Crippen LogP contribution in [-0.2, 0) is 19.6 Å². The smallest absolute Gasteiger partial charge is 0.287 e. The number of methoxy groups -OCH3 is 2. The fraction of sp³-hybridized carbons (Fsp3) is 0.414. The molecule has 1 aliphatic rings. The number of hydrogen-bond acceptors (Lipinski definition) is 9. The summed E-state index contributed by atoms with van der Waals surface area (Å²) in [6, 6.07) is 7.67. The van der Waals surface area contributed by atoms with Gasteiger partial charge in [-0.1, -0.05) is 31.5 Å². The van der Waals surface area contributed by atoms with E-state index < -0.39 is 39.7 Å². The van der Waals surface area contributed by atoms with Gasteiger partial charge in [0.25, 0.3) is 21.8 Å². The predicted octanol–water partition coefficient (Wildman–Crippen LogP) is 3.79. The molecule has 0 spiro atoms. The number of nitrogens with one attached hydrogen (secondary N) is 2. The molecule has 0 bridgehead atoms. The fourth-order valence-corrected chi connectivity index (χ4v) is 6.82. The maximum Gasteiger partial charge on any atom is 0.287 e. The zero-order chi connectivity index (χ0) is 30.6. The molecule has 2 N–H and O–H groups in total. The minimum absolute atomic E-state index is 0.0906. The van der Waals surface area contributed by atoms with Gasteiger partial charge in [-0.3, -0.25) is 14.4 Å². The molecule has 1 aliphatic heterocycles. The normalized spacial score (nSPS) is 16.6. The second kappa shape index (κ2) is 13.1.